The third-order valence-electron chi connectivity index (χ3n) is 5.28. The molecule has 0 spiro atoms. The van der Waals surface area contributed by atoms with Crippen molar-refractivity contribution in [3.63, 3.8) is 0 Å². The van der Waals surface area contributed by atoms with Gasteiger partial charge in [0.1, 0.15) is 11.5 Å². The van der Waals surface area contributed by atoms with Gasteiger partial charge in [-0.25, -0.2) is 9.67 Å². The minimum atomic E-state index is 0.512. The molecule has 2 aromatic heterocycles. The number of methoxy groups -OCH3 is 2. The lowest BCUT2D eigenvalue weighted by molar-refractivity contribution is 0.404. The lowest BCUT2D eigenvalue weighted by atomic mass is 9.90. The number of hydrogen-bond donors (Lipinski definition) is 0. The average Bonchev–Trinajstić information content (AvgIpc) is 3.20. The molecule has 0 bridgehead atoms. The van der Waals surface area contributed by atoms with E-state index < -0.39 is 0 Å². The van der Waals surface area contributed by atoms with E-state index in [1.807, 2.05) is 35.0 Å². The van der Waals surface area contributed by atoms with E-state index in [-0.39, 0.29) is 0 Å². The summed E-state index contributed by atoms with van der Waals surface area (Å²) in [5.74, 6) is 2.05. The van der Waals surface area contributed by atoms with E-state index in [2.05, 4.69) is 16.6 Å². The Balaban J connectivity index is 1.83. The molecule has 0 saturated heterocycles. The molecule has 30 heavy (non-hydrogen) atoms. The molecule has 0 aliphatic heterocycles. The quantitative estimate of drug-likeness (QED) is 0.508. The Morgan fingerprint density at radius 3 is 2.73 bits per heavy atom. The molecule has 1 saturated carbocycles. The van der Waals surface area contributed by atoms with Crippen LogP contribution in [0.25, 0.3) is 11.3 Å². The summed E-state index contributed by atoms with van der Waals surface area (Å²) in [6.45, 7) is 0. The summed E-state index contributed by atoms with van der Waals surface area (Å²) < 4.78 is 13.0. The average molecular weight is 423 g/mol. The zero-order valence-corrected chi connectivity index (χ0v) is 18.1. The van der Waals surface area contributed by atoms with Gasteiger partial charge in [-0.3, -0.25) is 4.98 Å². The molecule has 1 aliphatic carbocycles. The van der Waals surface area contributed by atoms with Gasteiger partial charge >= 0.3 is 0 Å². The summed E-state index contributed by atoms with van der Waals surface area (Å²) in [4.78, 5) is 9.74. The van der Waals surface area contributed by atoms with E-state index in [0.717, 1.165) is 33.2 Å². The molecule has 0 amide bonds. The van der Waals surface area contributed by atoms with Crippen LogP contribution in [-0.2, 0) is 0 Å². The molecule has 1 fully saturated rings. The van der Waals surface area contributed by atoms with Crippen molar-refractivity contribution in [1.82, 2.24) is 9.66 Å². The monoisotopic (exact) mass is 422 g/mol. The molecule has 3 aromatic rings. The first-order chi connectivity index (χ1) is 14.8. The molecule has 7 heteroatoms. The van der Waals surface area contributed by atoms with Crippen molar-refractivity contribution in [3.8, 4) is 22.8 Å². The van der Waals surface area contributed by atoms with Crippen molar-refractivity contribution >= 4 is 23.2 Å². The van der Waals surface area contributed by atoms with Gasteiger partial charge in [0.15, 0.2) is 0 Å². The first kappa shape index (κ1) is 20.3. The van der Waals surface area contributed by atoms with Crippen LogP contribution in [0.3, 0.4) is 0 Å². The molecule has 0 atom stereocenters. The molecule has 2 heterocycles. The Hall–Kier alpha value is -2.93. The normalized spacial score (nSPS) is 15.6. The van der Waals surface area contributed by atoms with Crippen LogP contribution in [0.15, 0.2) is 58.2 Å². The van der Waals surface area contributed by atoms with Gasteiger partial charge in [-0.05, 0) is 49.1 Å². The molecule has 0 radical (unpaired) electrons. The van der Waals surface area contributed by atoms with Gasteiger partial charge < -0.3 is 9.47 Å². The summed E-state index contributed by atoms with van der Waals surface area (Å²) in [6, 6.07) is 9.60. The van der Waals surface area contributed by atoms with Crippen LogP contribution >= 0.6 is 11.3 Å². The van der Waals surface area contributed by atoms with Crippen molar-refractivity contribution < 1.29 is 9.47 Å². The van der Waals surface area contributed by atoms with Gasteiger partial charge in [0.25, 0.3) is 0 Å². The van der Waals surface area contributed by atoms with Crippen LogP contribution < -0.4 is 14.3 Å². The summed E-state index contributed by atoms with van der Waals surface area (Å²) in [5, 5.41) is 6.95. The Bertz CT molecular complexity index is 1070. The Morgan fingerprint density at radius 1 is 1.13 bits per heavy atom. The van der Waals surface area contributed by atoms with Crippen molar-refractivity contribution in [1.29, 1.82) is 0 Å². The zero-order valence-electron chi connectivity index (χ0n) is 17.3. The highest BCUT2D eigenvalue weighted by Gasteiger charge is 2.15. The van der Waals surface area contributed by atoms with Crippen molar-refractivity contribution in [2.24, 2.45) is 16.0 Å². The molecule has 1 aliphatic rings. The number of benzene rings is 1. The van der Waals surface area contributed by atoms with Gasteiger partial charge in [0.2, 0.25) is 4.80 Å². The van der Waals surface area contributed by atoms with E-state index in [0.29, 0.717) is 5.92 Å². The summed E-state index contributed by atoms with van der Waals surface area (Å²) in [5.41, 5.74) is 2.64. The molecule has 0 unspecified atom stereocenters. The Labute approximate surface area is 180 Å². The Morgan fingerprint density at radius 2 is 2.00 bits per heavy atom. The molecule has 0 N–H and O–H groups in total. The number of rotatable bonds is 6. The van der Waals surface area contributed by atoms with E-state index in [4.69, 9.17) is 19.6 Å². The van der Waals surface area contributed by atoms with Gasteiger partial charge in [-0.1, -0.05) is 19.3 Å². The van der Waals surface area contributed by atoms with Crippen molar-refractivity contribution in [3.05, 3.63) is 52.9 Å². The summed E-state index contributed by atoms with van der Waals surface area (Å²) in [7, 11) is 3.34. The van der Waals surface area contributed by atoms with Gasteiger partial charge in [0.05, 0.1) is 31.8 Å². The van der Waals surface area contributed by atoms with Crippen LogP contribution in [-0.4, -0.2) is 30.1 Å². The van der Waals surface area contributed by atoms with Gasteiger partial charge in [-0.15, -0.1) is 11.3 Å². The highest BCUT2D eigenvalue weighted by atomic mass is 32.1. The predicted molar refractivity (Wildman–Crippen MR) is 121 cm³/mol. The third kappa shape index (κ3) is 4.62. The molecule has 6 nitrogen and oxygen atoms in total. The highest BCUT2D eigenvalue weighted by Crippen LogP contribution is 2.34. The second kappa shape index (κ2) is 9.71. The molecule has 4 rings (SSSR count). The van der Waals surface area contributed by atoms with Crippen LogP contribution in [0, 0.1) is 5.92 Å². The second-order valence-electron chi connectivity index (χ2n) is 7.27. The molecular formula is C23H26N4O2S. The maximum absolute atomic E-state index is 5.62. The third-order valence-corrected chi connectivity index (χ3v) is 6.10. The first-order valence-electron chi connectivity index (χ1n) is 10.2. The van der Waals surface area contributed by atoms with Crippen LogP contribution in [0.1, 0.15) is 32.1 Å². The number of hydrogen-bond acceptors (Lipinski definition) is 6. The lowest BCUT2D eigenvalue weighted by Gasteiger charge is -2.17. The van der Waals surface area contributed by atoms with Crippen molar-refractivity contribution in [2.45, 2.75) is 32.1 Å². The van der Waals surface area contributed by atoms with E-state index >= 15 is 0 Å². The maximum Gasteiger partial charge on any atom is 0.211 e. The predicted octanol–water partition coefficient (Wildman–Crippen LogP) is 5.28. The van der Waals surface area contributed by atoms with Gasteiger partial charge in [0, 0.05) is 23.4 Å². The number of thiazole rings is 1. The van der Waals surface area contributed by atoms with Crippen LogP contribution in [0.2, 0.25) is 0 Å². The summed E-state index contributed by atoms with van der Waals surface area (Å²) >= 11 is 1.54. The van der Waals surface area contributed by atoms with Crippen molar-refractivity contribution in [2.75, 3.05) is 14.2 Å². The SMILES string of the molecule is COc1ccc(OC)c(-c2csc(=Nc3cccnc3)n2N=CC2CCCCC2)c1. The molecular weight excluding hydrogens is 396 g/mol. The second-order valence-corrected chi connectivity index (χ2v) is 8.10. The summed E-state index contributed by atoms with van der Waals surface area (Å²) in [6.07, 6.45) is 11.8. The number of nitrogens with zero attached hydrogens (tertiary/aromatic N) is 4. The minimum absolute atomic E-state index is 0.512. The number of pyridine rings is 1. The highest BCUT2D eigenvalue weighted by molar-refractivity contribution is 7.07. The minimum Gasteiger partial charge on any atom is -0.497 e. The van der Waals surface area contributed by atoms with Crippen LogP contribution in [0.4, 0.5) is 5.69 Å². The maximum atomic E-state index is 5.62. The van der Waals surface area contributed by atoms with Crippen LogP contribution in [0.5, 0.6) is 11.5 Å². The van der Waals surface area contributed by atoms with E-state index in [9.17, 15) is 0 Å². The fourth-order valence-corrected chi connectivity index (χ4v) is 4.51. The first-order valence-corrected chi connectivity index (χ1v) is 11.1. The topological polar surface area (TPSA) is 61.0 Å². The number of aromatic nitrogens is 2. The zero-order chi connectivity index (χ0) is 20.8. The fraction of sp³-hybridized carbons (Fsp3) is 0.348. The van der Waals surface area contributed by atoms with E-state index in [1.165, 1.54) is 32.1 Å². The number of ether oxygens (including phenoxy) is 2. The van der Waals surface area contributed by atoms with E-state index in [1.54, 1.807) is 38.0 Å². The van der Waals surface area contributed by atoms with Gasteiger partial charge in [-0.2, -0.15) is 5.10 Å². The molecule has 1 aromatic carbocycles. The largest absolute Gasteiger partial charge is 0.497 e. The smallest absolute Gasteiger partial charge is 0.211 e. The fourth-order valence-electron chi connectivity index (χ4n) is 3.66. The lowest BCUT2D eigenvalue weighted by Crippen LogP contribution is -2.14. The molecule has 156 valence electrons. The Kier molecular flexibility index (Phi) is 6.59. The standard InChI is InChI=1S/C23H26N4O2S/c1-28-19-10-11-22(29-2)20(13-19)21-16-30-23(26-18-9-6-12-24-15-18)27(21)25-14-17-7-4-3-5-8-17/h6,9-17H,3-5,7-8H2,1-2H3.